The number of benzene rings is 3. The summed E-state index contributed by atoms with van der Waals surface area (Å²) in [5.41, 5.74) is 3.20. The molecule has 0 spiro atoms. The average Bonchev–Trinajstić information content (AvgIpc) is 2.53. The van der Waals surface area contributed by atoms with Crippen molar-refractivity contribution in [2.45, 2.75) is 32.6 Å². The molecular weight excluding hydrogens is 240 g/mol. The molecule has 3 aromatic carbocycles. The van der Waals surface area contributed by atoms with Gasteiger partial charge in [0, 0.05) is 0 Å². The van der Waals surface area contributed by atoms with Crippen LogP contribution in [0.5, 0.6) is 0 Å². The molecule has 0 nitrogen and oxygen atoms in total. The first-order valence-corrected chi connectivity index (χ1v) is 7.79. The first-order chi connectivity index (χ1) is 9.86. The van der Waals surface area contributed by atoms with Gasteiger partial charge in [-0.2, -0.15) is 0 Å². The maximum absolute atomic E-state index is 2.38. The zero-order valence-corrected chi connectivity index (χ0v) is 12.0. The molecule has 1 aliphatic carbocycles. The average molecular weight is 260 g/mol. The van der Waals surface area contributed by atoms with Gasteiger partial charge in [-0.1, -0.05) is 61.9 Å². The molecule has 0 bridgehead atoms. The third-order valence-corrected chi connectivity index (χ3v) is 5.02. The van der Waals surface area contributed by atoms with Crippen molar-refractivity contribution in [2.75, 3.05) is 0 Å². The summed E-state index contributed by atoms with van der Waals surface area (Å²) in [5.74, 6) is 0.889. The van der Waals surface area contributed by atoms with Crippen molar-refractivity contribution in [3.8, 4) is 0 Å². The van der Waals surface area contributed by atoms with Crippen LogP contribution in [0.1, 0.15) is 30.9 Å². The van der Waals surface area contributed by atoms with E-state index in [9.17, 15) is 0 Å². The zero-order valence-electron chi connectivity index (χ0n) is 12.0. The topological polar surface area (TPSA) is 0 Å². The van der Waals surface area contributed by atoms with E-state index in [0.717, 1.165) is 5.92 Å². The van der Waals surface area contributed by atoms with Gasteiger partial charge in [0.2, 0.25) is 0 Å². The Balaban J connectivity index is 1.99. The van der Waals surface area contributed by atoms with Gasteiger partial charge in [0.15, 0.2) is 0 Å². The van der Waals surface area contributed by atoms with Crippen LogP contribution in [0.2, 0.25) is 0 Å². The Morgan fingerprint density at radius 1 is 0.900 bits per heavy atom. The Hall–Kier alpha value is -1.82. The van der Waals surface area contributed by atoms with E-state index in [-0.39, 0.29) is 0 Å². The summed E-state index contributed by atoms with van der Waals surface area (Å²) in [6.45, 7) is 2.32. The first-order valence-electron chi connectivity index (χ1n) is 7.79. The molecule has 0 amide bonds. The van der Waals surface area contributed by atoms with Crippen LogP contribution < -0.4 is 0 Å². The van der Waals surface area contributed by atoms with Crippen LogP contribution in [0.25, 0.3) is 21.5 Å². The summed E-state index contributed by atoms with van der Waals surface area (Å²) in [5, 5.41) is 5.65. The fourth-order valence-electron chi connectivity index (χ4n) is 3.79. The normalized spacial score (nSPS) is 18.4. The van der Waals surface area contributed by atoms with Crippen LogP contribution in [-0.4, -0.2) is 0 Å². The minimum atomic E-state index is 0.889. The molecule has 1 atom stereocenters. The van der Waals surface area contributed by atoms with E-state index in [4.69, 9.17) is 0 Å². The van der Waals surface area contributed by atoms with Crippen LogP contribution in [0, 0.1) is 5.92 Å². The van der Waals surface area contributed by atoms with Gasteiger partial charge < -0.3 is 0 Å². The highest BCUT2D eigenvalue weighted by Crippen LogP contribution is 2.35. The highest BCUT2D eigenvalue weighted by molar-refractivity contribution is 6.08. The lowest BCUT2D eigenvalue weighted by molar-refractivity contribution is 0.446. The molecule has 0 saturated heterocycles. The second-order valence-corrected chi connectivity index (χ2v) is 6.10. The molecule has 0 radical (unpaired) electrons. The molecule has 0 saturated carbocycles. The number of hydrogen-bond donors (Lipinski definition) is 0. The molecular formula is C20H20. The second-order valence-electron chi connectivity index (χ2n) is 6.10. The molecule has 0 fully saturated rings. The molecule has 0 aromatic heterocycles. The van der Waals surface area contributed by atoms with Gasteiger partial charge in [0.1, 0.15) is 0 Å². The third kappa shape index (κ3) is 1.75. The fraction of sp³-hybridized carbons (Fsp3) is 0.300. The number of rotatable bonds is 1. The van der Waals surface area contributed by atoms with E-state index in [1.54, 1.807) is 11.1 Å². The Morgan fingerprint density at radius 2 is 1.75 bits per heavy atom. The number of fused-ring (bicyclic) bond motifs is 5. The minimum Gasteiger partial charge on any atom is -0.0651 e. The largest absolute Gasteiger partial charge is 0.0651 e. The molecule has 4 rings (SSSR count). The quantitative estimate of drug-likeness (QED) is 0.506. The SMILES string of the molecule is CCC1CCc2c(ccc3c2ccc2ccccc23)C1. The van der Waals surface area contributed by atoms with Crippen LogP contribution in [0.3, 0.4) is 0 Å². The van der Waals surface area contributed by atoms with Gasteiger partial charge in [-0.05, 0) is 57.9 Å². The predicted molar refractivity (Wildman–Crippen MR) is 87.3 cm³/mol. The molecule has 1 aliphatic rings. The van der Waals surface area contributed by atoms with Gasteiger partial charge in [0.05, 0.1) is 0 Å². The van der Waals surface area contributed by atoms with Crippen LogP contribution in [0.4, 0.5) is 0 Å². The Bertz CT molecular complexity index is 782. The maximum atomic E-state index is 2.38. The first kappa shape index (κ1) is 12.0. The minimum absolute atomic E-state index is 0.889. The van der Waals surface area contributed by atoms with E-state index in [2.05, 4.69) is 55.5 Å². The predicted octanol–water partition coefficient (Wildman–Crippen LogP) is 5.51. The third-order valence-electron chi connectivity index (χ3n) is 5.02. The molecule has 0 heteroatoms. The summed E-state index contributed by atoms with van der Waals surface area (Å²) in [4.78, 5) is 0. The van der Waals surface area contributed by atoms with Crippen LogP contribution in [0.15, 0.2) is 48.5 Å². The Labute approximate surface area is 120 Å². The summed E-state index contributed by atoms with van der Waals surface area (Å²) in [6, 6.07) is 18.1. The monoisotopic (exact) mass is 260 g/mol. The summed E-state index contributed by atoms with van der Waals surface area (Å²) < 4.78 is 0. The van der Waals surface area contributed by atoms with Crippen molar-refractivity contribution in [2.24, 2.45) is 5.92 Å². The van der Waals surface area contributed by atoms with Crippen LogP contribution >= 0.6 is 0 Å². The molecule has 0 aliphatic heterocycles. The van der Waals surface area contributed by atoms with Gasteiger partial charge in [-0.3, -0.25) is 0 Å². The number of aryl methyl sites for hydroxylation is 1. The van der Waals surface area contributed by atoms with Crippen molar-refractivity contribution in [1.29, 1.82) is 0 Å². The smallest absolute Gasteiger partial charge is 0.0102 e. The van der Waals surface area contributed by atoms with Gasteiger partial charge in [-0.25, -0.2) is 0 Å². The summed E-state index contributed by atoms with van der Waals surface area (Å²) >= 11 is 0. The highest BCUT2D eigenvalue weighted by atomic mass is 14.2. The van der Waals surface area contributed by atoms with Crippen molar-refractivity contribution in [1.82, 2.24) is 0 Å². The lowest BCUT2D eigenvalue weighted by Crippen LogP contribution is -2.13. The molecule has 0 heterocycles. The maximum Gasteiger partial charge on any atom is -0.0102 e. The lowest BCUT2D eigenvalue weighted by Gasteiger charge is -2.25. The van der Waals surface area contributed by atoms with Crippen LogP contribution in [-0.2, 0) is 12.8 Å². The van der Waals surface area contributed by atoms with Gasteiger partial charge in [-0.15, -0.1) is 0 Å². The lowest BCUT2D eigenvalue weighted by atomic mass is 9.80. The standard InChI is InChI=1S/C20H20/c1-2-14-7-10-18-16(13-14)9-12-19-17-6-4-3-5-15(17)8-11-20(18)19/h3-6,8-9,11-12,14H,2,7,10,13H2,1H3. The van der Waals surface area contributed by atoms with E-state index < -0.39 is 0 Å². The molecule has 20 heavy (non-hydrogen) atoms. The van der Waals surface area contributed by atoms with Crippen molar-refractivity contribution in [3.63, 3.8) is 0 Å². The molecule has 100 valence electrons. The van der Waals surface area contributed by atoms with Crippen molar-refractivity contribution >= 4 is 21.5 Å². The molecule has 1 unspecified atom stereocenters. The van der Waals surface area contributed by atoms with Crippen molar-refractivity contribution < 1.29 is 0 Å². The molecule has 3 aromatic rings. The fourth-order valence-corrected chi connectivity index (χ4v) is 3.79. The summed E-state index contributed by atoms with van der Waals surface area (Å²) in [7, 11) is 0. The highest BCUT2D eigenvalue weighted by Gasteiger charge is 2.19. The Morgan fingerprint density at radius 3 is 2.65 bits per heavy atom. The van der Waals surface area contributed by atoms with E-state index in [0.29, 0.717) is 0 Å². The number of hydrogen-bond acceptors (Lipinski definition) is 0. The van der Waals surface area contributed by atoms with Gasteiger partial charge >= 0.3 is 0 Å². The van der Waals surface area contributed by atoms with Crippen molar-refractivity contribution in [3.05, 3.63) is 59.7 Å². The van der Waals surface area contributed by atoms with Gasteiger partial charge in [0.25, 0.3) is 0 Å². The zero-order chi connectivity index (χ0) is 13.5. The van der Waals surface area contributed by atoms with E-state index >= 15 is 0 Å². The van der Waals surface area contributed by atoms with E-state index in [1.807, 2.05) is 0 Å². The Kier molecular flexibility index (Phi) is 2.77. The van der Waals surface area contributed by atoms with E-state index in [1.165, 1.54) is 47.2 Å². The molecule has 0 N–H and O–H groups in total. The summed E-state index contributed by atoms with van der Waals surface area (Å²) in [6.07, 6.45) is 5.20. The second kappa shape index (κ2) is 4.63.